The third-order valence-electron chi connectivity index (χ3n) is 7.54. The molecule has 0 aliphatic rings. The SMILES string of the molecule is COc1c(C)c(C)c2oc(CCC[C@H](C)CCC[C@H](C)CCCC(C)C)c(C(=O)O)c(=O)c2c1C. The van der Waals surface area contributed by atoms with Crippen LogP contribution in [0.5, 0.6) is 5.75 Å². The average Bonchev–Trinajstić information content (AvgIpc) is 2.77. The normalized spacial score (nSPS) is 13.4. The maximum Gasteiger partial charge on any atom is 0.343 e. The Morgan fingerprint density at radius 1 is 0.857 bits per heavy atom. The molecule has 0 amide bonds. The van der Waals surface area contributed by atoms with E-state index in [4.69, 9.17) is 9.15 Å². The van der Waals surface area contributed by atoms with Gasteiger partial charge in [0.1, 0.15) is 22.7 Å². The van der Waals surface area contributed by atoms with E-state index >= 15 is 0 Å². The van der Waals surface area contributed by atoms with Crippen molar-refractivity contribution in [2.75, 3.05) is 7.11 Å². The van der Waals surface area contributed by atoms with Crippen LogP contribution in [0.25, 0.3) is 11.0 Å². The van der Waals surface area contributed by atoms with Crippen LogP contribution in [0.4, 0.5) is 0 Å². The van der Waals surface area contributed by atoms with Gasteiger partial charge in [0, 0.05) is 12.0 Å². The Bertz CT molecular complexity index is 1060. The summed E-state index contributed by atoms with van der Waals surface area (Å²) in [6, 6.07) is 0. The predicted octanol–water partition coefficient (Wildman–Crippen LogP) is 8.02. The Morgan fingerprint density at radius 3 is 1.91 bits per heavy atom. The van der Waals surface area contributed by atoms with Crippen molar-refractivity contribution in [3.05, 3.63) is 38.2 Å². The van der Waals surface area contributed by atoms with Gasteiger partial charge in [-0.1, -0.05) is 72.6 Å². The highest BCUT2D eigenvalue weighted by atomic mass is 16.5. The maximum atomic E-state index is 13.3. The van der Waals surface area contributed by atoms with E-state index < -0.39 is 11.4 Å². The van der Waals surface area contributed by atoms with E-state index in [1.165, 1.54) is 38.5 Å². The molecule has 2 atom stereocenters. The fourth-order valence-corrected chi connectivity index (χ4v) is 5.21. The van der Waals surface area contributed by atoms with Crippen LogP contribution in [0.2, 0.25) is 0 Å². The highest BCUT2D eigenvalue weighted by molar-refractivity contribution is 5.95. The van der Waals surface area contributed by atoms with E-state index in [2.05, 4.69) is 27.7 Å². The summed E-state index contributed by atoms with van der Waals surface area (Å²) in [4.78, 5) is 25.3. The van der Waals surface area contributed by atoms with Gasteiger partial charge in [-0.05, 0) is 56.1 Å². The molecule has 1 heterocycles. The van der Waals surface area contributed by atoms with Gasteiger partial charge >= 0.3 is 5.97 Å². The number of ether oxygens (including phenoxy) is 1. The molecule has 1 aromatic carbocycles. The van der Waals surface area contributed by atoms with Gasteiger partial charge in [-0.2, -0.15) is 0 Å². The summed E-state index contributed by atoms with van der Waals surface area (Å²) in [7, 11) is 1.56. The summed E-state index contributed by atoms with van der Waals surface area (Å²) in [5.41, 5.74) is 2.10. The molecule has 5 heteroatoms. The number of benzene rings is 1. The van der Waals surface area contributed by atoms with Crippen molar-refractivity contribution in [3.63, 3.8) is 0 Å². The predicted molar refractivity (Wildman–Crippen MR) is 144 cm³/mol. The number of hydrogen-bond donors (Lipinski definition) is 1. The van der Waals surface area contributed by atoms with Crippen molar-refractivity contribution >= 4 is 16.9 Å². The smallest absolute Gasteiger partial charge is 0.343 e. The fourth-order valence-electron chi connectivity index (χ4n) is 5.21. The lowest BCUT2D eigenvalue weighted by molar-refractivity contribution is 0.0691. The average molecular weight is 487 g/mol. The van der Waals surface area contributed by atoms with Crippen molar-refractivity contribution in [2.24, 2.45) is 17.8 Å². The van der Waals surface area contributed by atoms with Gasteiger partial charge in [0.25, 0.3) is 0 Å². The molecule has 0 aliphatic carbocycles. The summed E-state index contributed by atoms with van der Waals surface area (Å²) >= 11 is 0. The Morgan fingerprint density at radius 2 is 1.40 bits per heavy atom. The molecular weight excluding hydrogens is 440 g/mol. The van der Waals surface area contributed by atoms with Crippen LogP contribution in [0.3, 0.4) is 0 Å². The molecule has 35 heavy (non-hydrogen) atoms. The number of fused-ring (bicyclic) bond motifs is 1. The minimum atomic E-state index is -1.23. The van der Waals surface area contributed by atoms with E-state index in [-0.39, 0.29) is 11.3 Å². The molecule has 196 valence electrons. The Labute approximate surface area is 211 Å². The standard InChI is InChI=1S/C30H46O5/c1-18(2)12-9-13-19(3)14-10-15-20(4)16-11-17-24-26(30(32)33)27(31)25-23(7)28(34-8)21(5)22(6)29(25)35-24/h18-20H,9-17H2,1-8H3,(H,32,33)/t19-,20-/m1/s1. The van der Waals surface area contributed by atoms with Crippen LogP contribution in [-0.4, -0.2) is 18.2 Å². The van der Waals surface area contributed by atoms with Gasteiger partial charge in [-0.25, -0.2) is 4.79 Å². The van der Waals surface area contributed by atoms with Crippen LogP contribution in [0, 0.1) is 38.5 Å². The second-order valence-corrected chi connectivity index (χ2v) is 11.0. The van der Waals surface area contributed by atoms with Crippen LogP contribution < -0.4 is 10.2 Å². The number of rotatable bonds is 14. The monoisotopic (exact) mass is 486 g/mol. The molecule has 0 unspecified atom stereocenters. The number of carboxylic acid groups (broad SMARTS) is 1. The number of methoxy groups -OCH3 is 1. The molecule has 0 aliphatic heterocycles. The lowest BCUT2D eigenvalue weighted by Crippen LogP contribution is -2.20. The highest BCUT2D eigenvalue weighted by Crippen LogP contribution is 2.34. The van der Waals surface area contributed by atoms with Crippen LogP contribution in [-0.2, 0) is 6.42 Å². The van der Waals surface area contributed by atoms with Crippen LogP contribution >= 0.6 is 0 Å². The number of hydrogen-bond acceptors (Lipinski definition) is 4. The molecule has 2 aromatic rings. The van der Waals surface area contributed by atoms with Crippen molar-refractivity contribution in [3.8, 4) is 5.75 Å². The van der Waals surface area contributed by atoms with Gasteiger partial charge < -0.3 is 14.3 Å². The van der Waals surface area contributed by atoms with Gasteiger partial charge in [-0.3, -0.25) is 4.79 Å². The van der Waals surface area contributed by atoms with E-state index in [0.717, 1.165) is 35.8 Å². The first kappa shape index (κ1) is 28.9. The number of carboxylic acids is 1. The molecule has 0 radical (unpaired) electrons. The van der Waals surface area contributed by atoms with E-state index in [1.54, 1.807) is 14.0 Å². The Hall–Kier alpha value is -2.30. The van der Waals surface area contributed by atoms with E-state index in [9.17, 15) is 14.7 Å². The molecule has 0 fully saturated rings. The first-order valence-electron chi connectivity index (χ1n) is 13.4. The van der Waals surface area contributed by atoms with Crippen LogP contribution in [0.15, 0.2) is 9.21 Å². The molecule has 0 saturated carbocycles. The summed E-state index contributed by atoms with van der Waals surface area (Å²) in [5, 5.41) is 10.1. The van der Waals surface area contributed by atoms with Gasteiger partial charge in [-0.15, -0.1) is 0 Å². The summed E-state index contributed by atoms with van der Waals surface area (Å²) in [5.74, 6) is 1.79. The Balaban J connectivity index is 2.07. The molecule has 0 saturated heterocycles. The van der Waals surface area contributed by atoms with Crippen molar-refractivity contribution in [1.29, 1.82) is 0 Å². The largest absolute Gasteiger partial charge is 0.496 e. The number of carbonyl (C=O) groups is 1. The molecule has 2 rings (SSSR count). The van der Waals surface area contributed by atoms with Gasteiger partial charge in [0.15, 0.2) is 0 Å². The minimum absolute atomic E-state index is 0.242. The van der Waals surface area contributed by atoms with E-state index in [1.807, 2.05) is 13.8 Å². The molecule has 5 nitrogen and oxygen atoms in total. The van der Waals surface area contributed by atoms with Gasteiger partial charge in [0.05, 0.1) is 12.5 Å². The highest BCUT2D eigenvalue weighted by Gasteiger charge is 2.25. The zero-order chi connectivity index (χ0) is 26.3. The zero-order valence-electron chi connectivity index (χ0n) is 23.2. The summed E-state index contributed by atoms with van der Waals surface area (Å²) < 4.78 is 11.6. The summed E-state index contributed by atoms with van der Waals surface area (Å²) in [6.45, 7) is 14.8. The molecular formula is C30H46O5. The fraction of sp³-hybridized carbons (Fsp3) is 0.667. The van der Waals surface area contributed by atoms with Crippen LogP contribution in [0.1, 0.15) is 112 Å². The van der Waals surface area contributed by atoms with Crippen molar-refractivity contribution < 1.29 is 19.1 Å². The molecule has 1 aromatic heterocycles. The van der Waals surface area contributed by atoms with Gasteiger partial charge in [0.2, 0.25) is 5.43 Å². The summed E-state index contributed by atoms with van der Waals surface area (Å²) in [6.07, 6.45) is 9.87. The lowest BCUT2D eigenvalue weighted by Gasteiger charge is -2.17. The third kappa shape index (κ3) is 7.35. The first-order valence-corrected chi connectivity index (χ1v) is 13.4. The topological polar surface area (TPSA) is 76.7 Å². The minimum Gasteiger partial charge on any atom is -0.496 e. The van der Waals surface area contributed by atoms with E-state index in [0.29, 0.717) is 34.6 Å². The molecule has 1 N–H and O–H groups in total. The first-order chi connectivity index (χ1) is 16.5. The van der Waals surface area contributed by atoms with Crippen molar-refractivity contribution in [1.82, 2.24) is 0 Å². The third-order valence-corrected chi connectivity index (χ3v) is 7.54. The lowest BCUT2D eigenvalue weighted by atomic mass is 9.91. The second-order valence-electron chi connectivity index (χ2n) is 11.0. The maximum absolute atomic E-state index is 13.3. The number of aryl methyl sites for hydroxylation is 3. The number of aromatic carboxylic acids is 1. The molecule has 0 spiro atoms. The Kier molecular flexibility index (Phi) is 10.9. The zero-order valence-corrected chi connectivity index (χ0v) is 23.2. The van der Waals surface area contributed by atoms with Crippen molar-refractivity contribution in [2.45, 2.75) is 106 Å². The second kappa shape index (κ2) is 13.1. The quantitative estimate of drug-likeness (QED) is 0.292. The molecule has 0 bridgehead atoms.